The average Bonchev–Trinajstić information content (AvgIpc) is 2.57. The number of thiol groups is 1. The van der Waals surface area contributed by atoms with E-state index in [2.05, 4.69) is 22.9 Å². The molecule has 1 heterocycles. The molecular formula is C9H10N3O3PS. The second kappa shape index (κ2) is 4.27. The molecule has 1 aromatic carbocycles. The van der Waals surface area contributed by atoms with E-state index in [0.717, 1.165) is 0 Å². The van der Waals surface area contributed by atoms with Gasteiger partial charge < -0.3 is 9.79 Å². The first kappa shape index (κ1) is 12.3. The van der Waals surface area contributed by atoms with Crippen LogP contribution in [-0.2, 0) is 11.6 Å². The van der Waals surface area contributed by atoms with Crippen molar-refractivity contribution in [3.63, 3.8) is 0 Å². The molecule has 17 heavy (non-hydrogen) atoms. The summed E-state index contributed by atoms with van der Waals surface area (Å²) in [4.78, 5) is 18.2. The molecule has 2 aromatic rings. The Labute approximate surface area is 103 Å². The Morgan fingerprint density at radius 3 is 2.65 bits per heavy atom. The van der Waals surface area contributed by atoms with E-state index in [1.807, 2.05) is 0 Å². The number of aryl methyl sites for hydroxylation is 1. The van der Waals surface area contributed by atoms with Crippen LogP contribution in [0.5, 0.6) is 0 Å². The van der Waals surface area contributed by atoms with E-state index in [1.165, 1.54) is 16.8 Å². The molecule has 0 aliphatic rings. The van der Waals surface area contributed by atoms with Crippen molar-refractivity contribution in [2.24, 2.45) is 7.05 Å². The number of rotatable bonds is 2. The fourth-order valence-electron chi connectivity index (χ4n) is 1.50. The standard InChI is InChI=1S/C9H10N3O3PS/c1-12-8(9(17)10-11-12)6-3-2-4-7(5-6)16(13,14)15/h2-5,17H,1H3,(H2,13,14,15). The minimum atomic E-state index is -4.25. The molecule has 0 fully saturated rings. The van der Waals surface area contributed by atoms with Gasteiger partial charge in [-0.05, 0) is 12.1 Å². The molecule has 0 saturated heterocycles. The molecule has 0 radical (unpaired) electrons. The Bertz CT molecular complexity index is 588. The predicted octanol–water partition coefficient (Wildman–Crippen LogP) is 0.574. The van der Waals surface area contributed by atoms with Gasteiger partial charge in [-0.3, -0.25) is 4.57 Å². The van der Waals surface area contributed by atoms with Gasteiger partial charge in [-0.25, -0.2) is 4.68 Å². The van der Waals surface area contributed by atoms with E-state index in [9.17, 15) is 4.57 Å². The Kier molecular flexibility index (Phi) is 3.09. The number of hydrogen-bond donors (Lipinski definition) is 3. The van der Waals surface area contributed by atoms with Gasteiger partial charge in [-0.1, -0.05) is 17.3 Å². The lowest BCUT2D eigenvalue weighted by molar-refractivity contribution is 0.387. The lowest BCUT2D eigenvalue weighted by atomic mass is 10.2. The summed E-state index contributed by atoms with van der Waals surface area (Å²) in [7, 11) is -2.57. The molecule has 0 aliphatic heterocycles. The third-order valence-corrected chi connectivity index (χ3v) is 3.52. The van der Waals surface area contributed by atoms with Crippen molar-refractivity contribution < 1.29 is 14.4 Å². The fourth-order valence-corrected chi connectivity index (χ4v) is 2.40. The number of nitrogens with zero attached hydrogens (tertiary/aromatic N) is 3. The van der Waals surface area contributed by atoms with Gasteiger partial charge >= 0.3 is 7.60 Å². The average molecular weight is 271 g/mol. The highest BCUT2D eigenvalue weighted by Crippen LogP contribution is 2.34. The summed E-state index contributed by atoms with van der Waals surface area (Å²) in [6.07, 6.45) is 0. The third-order valence-electron chi connectivity index (χ3n) is 2.26. The summed E-state index contributed by atoms with van der Waals surface area (Å²) in [6.45, 7) is 0. The van der Waals surface area contributed by atoms with Crippen molar-refractivity contribution in [1.82, 2.24) is 15.0 Å². The highest BCUT2D eigenvalue weighted by molar-refractivity contribution is 7.80. The quantitative estimate of drug-likeness (QED) is 0.549. The molecular weight excluding hydrogens is 261 g/mol. The number of aromatic nitrogens is 3. The molecule has 0 bridgehead atoms. The smallest absolute Gasteiger partial charge is 0.321 e. The van der Waals surface area contributed by atoms with E-state index < -0.39 is 7.60 Å². The molecule has 2 rings (SSSR count). The van der Waals surface area contributed by atoms with Gasteiger partial charge in [0.1, 0.15) is 10.7 Å². The zero-order valence-corrected chi connectivity index (χ0v) is 10.6. The maximum atomic E-state index is 11.2. The van der Waals surface area contributed by atoms with Gasteiger partial charge in [0.25, 0.3) is 0 Å². The lowest BCUT2D eigenvalue weighted by Gasteiger charge is -2.07. The third kappa shape index (κ3) is 2.42. The van der Waals surface area contributed by atoms with E-state index in [1.54, 1.807) is 19.2 Å². The van der Waals surface area contributed by atoms with Crippen LogP contribution in [0.3, 0.4) is 0 Å². The first-order chi connectivity index (χ1) is 7.89. The van der Waals surface area contributed by atoms with Crippen molar-refractivity contribution in [3.05, 3.63) is 24.3 Å². The maximum absolute atomic E-state index is 11.2. The Balaban J connectivity index is 2.59. The molecule has 90 valence electrons. The van der Waals surface area contributed by atoms with Gasteiger partial charge in [-0.2, -0.15) is 0 Å². The van der Waals surface area contributed by atoms with Gasteiger partial charge in [0, 0.05) is 12.6 Å². The van der Waals surface area contributed by atoms with Gasteiger partial charge in [0.2, 0.25) is 0 Å². The van der Waals surface area contributed by atoms with Crippen molar-refractivity contribution in [2.75, 3.05) is 0 Å². The van der Waals surface area contributed by atoms with Crippen LogP contribution in [0.25, 0.3) is 11.3 Å². The molecule has 0 aliphatic carbocycles. The summed E-state index contributed by atoms with van der Waals surface area (Å²) in [6, 6.07) is 6.09. The summed E-state index contributed by atoms with van der Waals surface area (Å²) in [5.74, 6) is 0. The minimum absolute atomic E-state index is 0.0380. The van der Waals surface area contributed by atoms with Crippen molar-refractivity contribution in [1.29, 1.82) is 0 Å². The van der Waals surface area contributed by atoms with E-state index in [-0.39, 0.29) is 5.30 Å². The predicted molar refractivity (Wildman–Crippen MR) is 65.4 cm³/mol. The van der Waals surface area contributed by atoms with Gasteiger partial charge in [-0.15, -0.1) is 17.7 Å². The summed E-state index contributed by atoms with van der Waals surface area (Å²) < 4.78 is 12.7. The number of hydrogen-bond acceptors (Lipinski definition) is 4. The highest BCUT2D eigenvalue weighted by atomic mass is 32.1. The van der Waals surface area contributed by atoms with Crippen molar-refractivity contribution in [2.45, 2.75) is 5.03 Å². The van der Waals surface area contributed by atoms with Gasteiger partial charge in [0.05, 0.1) is 5.30 Å². The van der Waals surface area contributed by atoms with E-state index >= 15 is 0 Å². The van der Waals surface area contributed by atoms with Crippen molar-refractivity contribution >= 4 is 25.5 Å². The zero-order chi connectivity index (χ0) is 12.6. The molecule has 0 unspecified atom stereocenters. The minimum Gasteiger partial charge on any atom is -0.321 e. The van der Waals surface area contributed by atoms with Crippen LogP contribution in [0.15, 0.2) is 29.3 Å². The Morgan fingerprint density at radius 1 is 1.41 bits per heavy atom. The normalized spacial score (nSPS) is 11.8. The van der Waals surface area contributed by atoms with Crippen LogP contribution in [0.4, 0.5) is 0 Å². The highest BCUT2D eigenvalue weighted by Gasteiger charge is 2.19. The first-order valence-corrected chi connectivity index (χ1v) is 6.71. The largest absolute Gasteiger partial charge is 0.356 e. The molecule has 8 heteroatoms. The second-order valence-electron chi connectivity index (χ2n) is 3.48. The molecule has 2 N–H and O–H groups in total. The topological polar surface area (TPSA) is 88.2 Å². The SMILES string of the molecule is Cn1nnc(S)c1-c1cccc(P(=O)(O)O)c1. The molecule has 0 amide bonds. The van der Waals surface area contributed by atoms with E-state index in [0.29, 0.717) is 16.3 Å². The molecule has 1 aromatic heterocycles. The lowest BCUT2D eigenvalue weighted by Crippen LogP contribution is -2.04. The Morgan fingerprint density at radius 2 is 2.12 bits per heavy atom. The molecule has 0 atom stereocenters. The molecule has 6 nitrogen and oxygen atoms in total. The Hall–Kier alpha value is -1.14. The van der Waals surface area contributed by atoms with Crippen LogP contribution < -0.4 is 5.30 Å². The van der Waals surface area contributed by atoms with E-state index in [4.69, 9.17) is 9.79 Å². The fraction of sp³-hybridized carbons (Fsp3) is 0.111. The first-order valence-electron chi connectivity index (χ1n) is 4.65. The number of benzene rings is 1. The zero-order valence-electron chi connectivity index (χ0n) is 8.85. The van der Waals surface area contributed by atoms with Crippen LogP contribution in [0, 0.1) is 0 Å². The maximum Gasteiger partial charge on any atom is 0.356 e. The van der Waals surface area contributed by atoms with Gasteiger partial charge in [0.15, 0.2) is 0 Å². The summed E-state index contributed by atoms with van der Waals surface area (Å²) in [5.41, 5.74) is 1.23. The van der Waals surface area contributed by atoms with Crippen molar-refractivity contribution in [3.8, 4) is 11.3 Å². The molecule has 0 spiro atoms. The monoisotopic (exact) mass is 271 g/mol. The van der Waals surface area contributed by atoms with Crippen LogP contribution in [0.2, 0.25) is 0 Å². The second-order valence-corrected chi connectivity index (χ2v) is 5.51. The summed E-state index contributed by atoms with van der Waals surface area (Å²) in [5, 5.41) is 7.92. The van der Waals surface area contributed by atoms with Crippen LogP contribution in [0.1, 0.15) is 0 Å². The summed E-state index contributed by atoms with van der Waals surface area (Å²) >= 11 is 4.15. The van der Waals surface area contributed by atoms with Crippen LogP contribution in [-0.4, -0.2) is 24.8 Å². The van der Waals surface area contributed by atoms with Crippen LogP contribution >= 0.6 is 20.2 Å². The molecule has 0 saturated carbocycles.